The molecule has 0 spiro atoms. The van der Waals surface area contributed by atoms with Crippen LogP contribution in [0.25, 0.3) is 0 Å². The van der Waals surface area contributed by atoms with Crippen LogP contribution in [0.2, 0.25) is 0 Å². The van der Waals surface area contributed by atoms with Crippen molar-refractivity contribution in [3.63, 3.8) is 0 Å². The Hall–Kier alpha value is -0.980. The summed E-state index contributed by atoms with van der Waals surface area (Å²) in [5.74, 6) is 1.10. The van der Waals surface area contributed by atoms with Gasteiger partial charge in [-0.05, 0) is 30.5 Å². The quantitative estimate of drug-likeness (QED) is 0.616. The first-order chi connectivity index (χ1) is 5.79. The van der Waals surface area contributed by atoms with Gasteiger partial charge in [-0.25, -0.2) is 0 Å². The molecule has 0 radical (unpaired) electrons. The van der Waals surface area contributed by atoms with Gasteiger partial charge in [0.2, 0.25) is 0 Å². The average Bonchev–Trinajstić information content (AvgIpc) is 2.43. The molecule has 0 saturated carbocycles. The van der Waals surface area contributed by atoms with Crippen LogP contribution in [0.1, 0.15) is 25.0 Å². The van der Waals surface area contributed by atoms with E-state index in [2.05, 4.69) is 32.0 Å². The second kappa shape index (κ2) is 2.81. The monoisotopic (exact) mass is 162 g/mol. The molecule has 0 aliphatic carbocycles. The molecule has 12 heavy (non-hydrogen) atoms. The van der Waals surface area contributed by atoms with E-state index in [1.54, 1.807) is 0 Å². The maximum Gasteiger partial charge on any atom is 0.123 e. The first-order valence-electron chi connectivity index (χ1n) is 4.58. The highest BCUT2D eigenvalue weighted by Gasteiger charge is 2.18. The summed E-state index contributed by atoms with van der Waals surface area (Å²) >= 11 is 0. The van der Waals surface area contributed by atoms with E-state index in [1.807, 2.05) is 0 Å². The first kappa shape index (κ1) is 7.66. The van der Waals surface area contributed by atoms with Crippen molar-refractivity contribution >= 4 is 0 Å². The van der Waals surface area contributed by atoms with Gasteiger partial charge in [0.05, 0.1) is 0 Å². The van der Waals surface area contributed by atoms with Gasteiger partial charge in [-0.15, -0.1) is 0 Å². The first-order valence-corrected chi connectivity index (χ1v) is 4.58. The average molecular weight is 162 g/mol. The summed E-state index contributed by atoms with van der Waals surface area (Å²) < 4.78 is 5.65. The van der Waals surface area contributed by atoms with Crippen LogP contribution >= 0.6 is 0 Å². The second-order valence-corrected chi connectivity index (χ2v) is 3.43. The highest BCUT2D eigenvalue weighted by Crippen LogP contribution is 2.29. The molecule has 1 unspecified atom stereocenters. The third-order valence-corrected chi connectivity index (χ3v) is 2.38. The van der Waals surface area contributed by atoms with Crippen LogP contribution in [0.5, 0.6) is 5.75 Å². The van der Waals surface area contributed by atoms with E-state index in [4.69, 9.17) is 4.74 Å². The van der Waals surface area contributed by atoms with Crippen LogP contribution in [0.3, 0.4) is 0 Å². The summed E-state index contributed by atoms with van der Waals surface area (Å²) in [6.07, 6.45) is 2.52. The number of rotatable bonds is 1. The molecule has 1 heterocycles. The smallest absolute Gasteiger partial charge is 0.123 e. The fourth-order valence-corrected chi connectivity index (χ4v) is 1.67. The van der Waals surface area contributed by atoms with Crippen molar-refractivity contribution < 1.29 is 4.74 Å². The molecule has 1 atom stereocenters. The Balaban J connectivity index is 2.35. The molecular formula is C11H14O. The van der Waals surface area contributed by atoms with Gasteiger partial charge >= 0.3 is 0 Å². The van der Waals surface area contributed by atoms with Crippen molar-refractivity contribution in [2.24, 2.45) is 0 Å². The van der Waals surface area contributed by atoms with Crippen LogP contribution in [-0.4, -0.2) is 6.10 Å². The Morgan fingerprint density at radius 3 is 3.08 bits per heavy atom. The summed E-state index contributed by atoms with van der Waals surface area (Å²) in [6, 6.07) is 6.55. The van der Waals surface area contributed by atoms with Gasteiger partial charge < -0.3 is 4.74 Å². The fourth-order valence-electron chi connectivity index (χ4n) is 1.67. The van der Waals surface area contributed by atoms with Crippen molar-refractivity contribution in [3.05, 3.63) is 29.3 Å². The SMILES string of the molecule is CCc1ccc2c(c1)OC(C)C2. The fraction of sp³-hybridized carbons (Fsp3) is 0.455. The third kappa shape index (κ3) is 1.20. The van der Waals surface area contributed by atoms with Crippen LogP contribution in [0, 0.1) is 0 Å². The number of hydrogen-bond acceptors (Lipinski definition) is 1. The summed E-state index contributed by atoms with van der Waals surface area (Å²) in [5, 5.41) is 0. The summed E-state index contributed by atoms with van der Waals surface area (Å²) in [5.41, 5.74) is 2.72. The molecule has 64 valence electrons. The maximum absolute atomic E-state index is 5.65. The minimum absolute atomic E-state index is 0.368. The number of hydrogen-bond donors (Lipinski definition) is 0. The minimum atomic E-state index is 0.368. The van der Waals surface area contributed by atoms with E-state index in [0.717, 1.165) is 18.6 Å². The van der Waals surface area contributed by atoms with Crippen LogP contribution in [0.15, 0.2) is 18.2 Å². The molecule has 0 aromatic heterocycles. The highest BCUT2D eigenvalue weighted by atomic mass is 16.5. The molecule has 0 fully saturated rings. The van der Waals surface area contributed by atoms with Gasteiger partial charge in [-0.3, -0.25) is 0 Å². The zero-order valence-corrected chi connectivity index (χ0v) is 7.63. The Bertz CT molecular complexity index is 291. The van der Waals surface area contributed by atoms with E-state index in [9.17, 15) is 0 Å². The lowest BCUT2D eigenvalue weighted by atomic mass is 10.1. The molecule has 1 aliphatic rings. The molecule has 0 N–H and O–H groups in total. The normalized spacial score (nSPS) is 20.3. The van der Waals surface area contributed by atoms with Gasteiger partial charge in [0.25, 0.3) is 0 Å². The molecule has 2 rings (SSSR count). The summed E-state index contributed by atoms with van der Waals surface area (Å²) in [4.78, 5) is 0. The second-order valence-electron chi connectivity index (χ2n) is 3.43. The molecular weight excluding hydrogens is 148 g/mol. The van der Waals surface area contributed by atoms with Crippen molar-refractivity contribution in [3.8, 4) is 5.75 Å². The standard InChI is InChI=1S/C11H14O/c1-3-9-4-5-10-6-8(2)12-11(10)7-9/h4-5,7-8H,3,6H2,1-2H3. The van der Waals surface area contributed by atoms with Crippen molar-refractivity contribution in [2.75, 3.05) is 0 Å². The maximum atomic E-state index is 5.65. The van der Waals surface area contributed by atoms with Gasteiger partial charge in [0.1, 0.15) is 11.9 Å². The van der Waals surface area contributed by atoms with Crippen LogP contribution in [0.4, 0.5) is 0 Å². The van der Waals surface area contributed by atoms with E-state index >= 15 is 0 Å². The van der Waals surface area contributed by atoms with Gasteiger partial charge in [-0.2, -0.15) is 0 Å². The lowest BCUT2D eigenvalue weighted by molar-refractivity contribution is 0.254. The van der Waals surface area contributed by atoms with Crippen molar-refractivity contribution in [1.82, 2.24) is 0 Å². The van der Waals surface area contributed by atoms with Crippen LogP contribution in [-0.2, 0) is 12.8 Å². The van der Waals surface area contributed by atoms with E-state index in [0.29, 0.717) is 6.10 Å². The number of benzene rings is 1. The third-order valence-electron chi connectivity index (χ3n) is 2.38. The van der Waals surface area contributed by atoms with Crippen LogP contribution < -0.4 is 4.74 Å². The Morgan fingerprint density at radius 2 is 2.33 bits per heavy atom. The number of fused-ring (bicyclic) bond motifs is 1. The number of ether oxygens (including phenoxy) is 1. The molecule has 1 aromatic rings. The predicted molar refractivity (Wildman–Crippen MR) is 49.6 cm³/mol. The number of aryl methyl sites for hydroxylation is 1. The molecule has 1 aliphatic heterocycles. The lowest BCUT2D eigenvalue weighted by Crippen LogP contribution is -2.05. The Morgan fingerprint density at radius 1 is 1.50 bits per heavy atom. The van der Waals surface area contributed by atoms with Crippen molar-refractivity contribution in [2.45, 2.75) is 32.8 Å². The highest BCUT2D eigenvalue weighted by molar-refractivity contribution is 5.40. The molecule has 1 aromatic carbocycles. The zero-order valence-electron chi connectivity index (χ0n) is 7.63. The molecule has 0 saturated heterocycles. The largest absolute Gasteiger partial charge is 0.490 e. The van der Waals surface area contributed by atoms with Gasteiger partial charge in [0, 0.05) is 6.42 Å². The Kier molecular flexibility index (Phi) is 1.80. The van der Waals surface area contributed by atoms with E-state index in [-0.39, 0.29) is 0 Å². The van der Waals surface area contributed by atoms with Gasteiger partial charge in [-0.1, -0.05) is 19.1 Å². The summed E-state index contributed by atoms with van der Waals surface area (Å²) in [7, 11) is 0. The molecule has 0 amide bonds. The lowest BCUT2D eigenvalue weighted by Gasteiger charge is -2.03. The van der Waals surface area contributed by atoms with Gasteiger partial charge in [0.15, 0.2) is 0 Å². The molecule has 0 bridgehead atoms. The van der Waals surface area contributed by atoms with Crippen molar-refractivity contribution in [1.29, 1.82) is 0 Å². The minimum Gasteiger partial charge on any atom is -0.490 e. The Labute approximate surface area is 73.4 Å². The predicted octanol–water partition coefficient (Wildman–Crippen LogP) is 2.57. The molecule has 1 nitrogen and oxygen atoms in total. The zero-order chi connectivity index (χ0) is 8.55. The topological polar surface area (TPSA) is 9.23 Å². The van der Waals surface area contributed by atoms with E-state index in [1.165, 1.54) is 11.1 Å². The summed E-state index contributed by atoms with van der Waals surface area (Å²) in [6.45, 7) is 4.28. The molecule has 1 heteroatoms. The van der Waals surface area contributed by atoms with E-state index < -0.39 is 0 Å².